The zero-order chi connectivity index (χ0) is 17.6. The molecule has 0 aliphatic carbocycles. The van der Waals surface area contributed by atoms with Crippen LogP contribution in [0.3, 0.4) is 0 Å². The summed E-state index contributed by atoms with van der Waals surface area (Å²) in [5.74, 6) is 0.306. The zero-order valence-corrected chi connectivity index (χ0v) is 16.1. The van der Waals surface area contributed by atoms with Crippen molar-refractivity contribution in [1.82, 2.24) is 0 Å². The average molecular weight is 331 g/mol. The summed E-state index contributed by atoms with van der Waals surface area (Å²) in [6.07, 6.45) is 14.9. The SMILES string of the molecule is CCCCCCCCCC/C=C(\C[C@@H](O)C(C)C)c1ccccc1. The second-order valence-electron chi connectivity index (χ2n) is 7.37. The predicted octanol–water partition coefficient (Wildman–Crippen LogP) is 7.01. The van der Waals surface area contributed by atoms with Gasteiger partial charge in [0, 0.05) is 0 Å². The lowest BCUT2D eigenvalue weighted by Crippen LogP contribution is -2.15. The Morgan fingerprint density at radius 3 is 2.08 bits per heavy atom. The van der Waals surface area contributed by atoms with Gasteiger partial charge in [0.15, 0.2) is 0 Å². The van der Waals surface area contributed by atoms with Gasteiger partial charge in [-0.25, -0.2) is 0 Å². The van der Waals surface area contributed by atoms with Crippen LogP contribution in [0.5, 0.6) is 0 Å². The van der Waals surface area contributed by atoms with Crippen LogP contribution in [0.4, 0.5) is 0 Å². The Kier molecular flexibility index (Phi) is 11.6. The molecular weight excluding hydrogens is 292 g/mol. The predicted molar refractivity (Wildman–Crippen MR) is 107 cm³/mol. The molecule has 0 aromatic heterocycles. The van der Waals surface area contributed by atoms with E-state index in [-0.39, 0.29) is 6.10 Å². The van der Waals surface area contributed by atoms with Crippen LogP contribution >= 0.6 is 0 Å². The van der Waals surface area contributed by atoms with Gasteiger partial charge in [0.05, 0.1) is 6.10 Å². The molecule has 0 aliphatic heterocycles. The first-order valence-corrected chi connectivity index (χ1v) is 10.1. The van der Waals surface area contributed by atoms with Gasteiger partial charge in [0.1, 0.15) is 0 Å². The third-order valence-electron chi connectivity index (χ3n) is 4.79. The van der Waals surface area contributed by atoms with Gasteiger partial charge < -0.3 is 5.11 Å². The van der Waals surface area contributed by atoms with E-state index in [1.54, 1.807) is 0 Å². The summed E-state index contributed by atoms with van der Waals surface area (Å²) in [5.41, 5.74) is 2.57. The lowest BCUT2D eigenvalue weighted by Gasteiger charge is -2.17. The van der Waals surface area contributed by atoms with Gasteiger partial charge in [-0.2, -0.15) is 0 Å². The van der Waals surface area contributed by atoms with Crippen LogP contribution in [0.1, 0.15) is 90.5 Å². The summed E-state index contributed by atoms with van der Waals surface area (Å²) in [7, 11) is 0. The summed E-state index contributed by atoms with van der Waals surface area (Å²) >= 11 is 0. The smallest absolute Gasteiger partial charge is 0.0603 e. The van der Waals surface area contributed by atoms with Crippen LogP contribution in [-0.4, -0.2) is 11.2 Å². The molecule has 24 heavy (non-hydrogen) atoms. The molecule has 0 spiro atoms. The van der Waals surface area contributed by atoms with Crippen molar-refractivity contribution in [3.63, 3.8) is 0 Å². The van der Waals surface area contributed by atoms with E-state index in [9.17, 15) is 5.11 Å². The van der Waals surface area contributed by atoms with Gasteiger partial charge in [-0.3, -0.25) is 0 Å². The van der Waals surface area contributed by atoms with Gasteiger partial charge in [-0.15, -0.1) is 0 Å². The standard InChI is InChI=1S/C23H38O/c1-4-5-6-7-8-9-10-11-13-18-22(19-23(24)20(2)3)21-16-14-12-15-17-21/h12,14-18,20,23-24H,4-11,13,19H2,1-3H3/b22-18+/t23-/m1/s1. The van der Waals surface area contributed by atoms with Gasteiger partial charge in [-0.1, -0.05) is 102 Å². The van der Waals surface area contributed by atoms with Crippen molar-refractivity contribution in [3.8, 4) is 0 Å². The molecule has 0 amide bonds. The van der Waals surface area contributed by atoms with Crippen molar-refractivity contribution < 1.29 is 5.11 Å². The highest BCUT2D eigenvalue weighted by molar-refractivity contribution is 5.65. The summed E-state index contributed by atoms with van der Waals surface area (Å²) in [6, 6.07) is 10.5. The van der Waals surface area contributed by atoms with Crippen molar-refractivity contribution in [3.05, 3.63) is 42.0 Å². The molecule has 0 bridgehead atoms. The molecule has 0 saturated carbocycles. The topological polar surface area (TPSA) is 20.2 Å². The van der Waals surface area contributed by atoms with E-state index in [1.807, 2.05) is 0 Å². The fourth-order valence-corrected chi connectivity index (χ4v) is 2.99. The quantitative estimate of drug-likeness (QED) is 0.386. The Balaban J connectivity index is 2.39. The van der Waals surface area contributed by atoms with E-state index < -0.39 is 0 Å². The maximum absolute atomic E-state index is 10.3. The second-order valence-corrected chi connectivity index (χ2v) is 7.37. The van der Waals surface area contributed by atoms with E-state index >= 15 is 0 Å². The molecule has 1 atom stereocenters. The van der Waals surface area contributed by atoms with E-state index in [1.165, 1.54) is 62.5 Å². The van der Waals surface area contributed by atoms with Crippen LogP contribution in [0.15, 0.2) is 36.4 Å². The molecule has 1 N–H and O–H groups in total. The summed E-state index contributed by atoms with van der Waals surface area (Å²) in [6.45, 7) is 6.45. The van der Waals surface area contributed by atoms with Crippen LogP contribution in [0.25, 0.3) is 5.57 Å². The molecular formula is C23H38O. The van der Waals surface area contributed by atoms with Crippen LogP contribution < -0.4 is 0 Å². The first-order valence-electron chi connectivity index (χ1n) is 10.1. The first kappa shape index (κ1) is 21.0. The zero-order valence-electron chi connectivity index (χ0n) is 16.1. The van der Waals surface area contributed by atoms with Crippen molar-refractivity contribution in [1.29, 1.82) is 0 Å². The number of rotatable bonds is 13. The lowest BCUT2D eigenvalue weighted by molar-refractivity contribution is 0.130. The Morgan fingerprint density at radius 1 is 0.917 bits per heavy atom. The van der Waals surface area contributed by atoms with Crippen LogP contribution in [0, 0.1) is 5.92 Å². The van der Waals surface area contributed by atoms with Crippen molar-refractivity contribution in [2.45, 2.75) is 91.1 Å². The van der Waals surface area contributed by atoms with Gasteiger partial charge in [-0.05, 0) is 36.3 Å². The summed E-state index contributed by atoms with van der Waals surface area (Å²) < 4.78 is 0. The largest absolute Gasteiger partial charge is 0.393 e. The minimum atomic E-state index is -0.255. The van der Waals surface area contributed by atoms with Gasteiger partial charge in [0.25, 0.3) is 0 Å². The molecule has 0 unspecified atom stereocenters. The van der Waals surface area contributed by atoms with E-state index in [2.05, 4.69) is 57.2 Å². The fourth-order valence-electron chi connectivity index (χ4n) is 2.99. The molecule has 136 valence electrons. The molecule has 1 aromatic carbocycles. The highest BCUT2D eigenvalue weighted by atomic mass is 16.3. The normalized spacial score (nSPS) is 13.5. The van der Waals surface area contributed by atoms with Gasteiger partial charge >= 0.3 is 0 Å². The van der Waals surface area contributed by atoms with Crippen LogP contribution in [0.2, 0.25) is 0 Å². The molecule has 0 aliphatic rings. The Labute approximate surface area is 150 Å². The maximum atomic E-state index is 10.3. The third kappa shape index (κ3) is 9.27. The molecule has 0 saturated heterocycles. The minimum Gasteiger partial charge on any atom is -0.393 e. The highest BCUT2D eigenvalue weighted by Crippen LogP contribution is 2.24. The maximum Gasteiger partial charge on any atom is 0.0603 e. The number of hydrogen-bond donors (Lipinski definition) is 1. The minimum absolute atomic E-state index is 0.255. The monoisotopic (exact) mass is 330 g/mol. The molecule has 1 nitrogen and oxygen atoms in total. The van der Waals surface area contributed by atoms with Crippen molar-refractivity contribution in [2.75, 3.05) is 0 Å². The second kappa shape index (κ2) is 13.2. The number of unbranched alkanes of at least 4 members (excludes halogenated alkanes) is 8. The molecule has 0 fully saturated rings. The molecule has 0 heterocycles. The fraction of sp³-hybridized carbons (Fsp3) is 0.652. The molecule has 1 aromatic rings. The lowest BCUT2D eigenvalue weighted by atomic mass is 9.93. The van der Waals surface area contributed by atoms with E-state index in [4.69, 9.17) is 0 Å². The molecule has 1 rings (SSSR count). The summed E-state index contributed by atoms with van der Waals surface area (Å²) in [5, 5.41) is 10.3. The van der Waals surface area contributed by atoms with Crippen molar-refractivity contribution in [2.24, 2.45) is 5.92 Å². The Hall–Kier alpha value is -1.08. The number of allylic oxidation sites excluding steroid dienone is 1. The summed E-state index contributed by atoms with van der Waals surface area (Å²) in [4.78, 5) is 0. The number of benzene rings is 1. The first-order chi connectivity index (χ1) is 11.6. The highest BCUT2D eigenvalue weighted by Gasteiger charge is 2.12. The average Bonchev–Trinajstić information content (AvgIpc) is 2.59. The van der Waals surface area contributed by atoms with Gasteiger partial charge in [0.2, 0.25) is 0 Å². The number of aliphatic hydroxyl groups is 1. The van der Waals surface area contributed by atoms with Crippen molar-refractivity contribution >= 4 is 5.57 Å². The number of aliphatic hydroxyl groups excluding tert-OH is 1. The van der Waals surface area contributed by atoms with Crippen LogP contribution in [-0.2, 0) is 0 Å². The van der Waals surface area contributed by atoms with E-state index in [0.29, 0.717) is 5.92 Å². The Bertz CT molecular complexity index is 433. The molecule has 1 heteroatoms. The molecule has 0 radical (unpaired) electrons. The number of hydrogen-bond acceptors (Lipinski definition) is 1. The Morgan fingerprint density at radius 2 is 1.50 bits per heavy atom. The van der Waals surface area contributed by atoms with E-state index in [0.717, 1.165) is 12.8 Å². The third-order valence-corrected chi connectivity index (χ3v) is 4.79.